The number of carbonyl (C=O) groups excluding carboxylic acids is 2. The number of hydrogen-bond donors (Lipinski definition) is 3. The second-order valence-electron chi connectivity index (χ2n) is 7.66. The summed E-state index contributed by atoms with van der Waals surface area (Å²) in [7, 11) is 0. The Morgan fingerprint density at radius 1 is 1.26 bits per heavy atom. The van der Waals surface area contributed by atoms with E-state index >= 15 is 0 Å². The average molecular weight is 458 g/mol. The van der Waals surface area contributed by atoms with E-state index in [9.17, 15) is 9.59 Å². The maximum absolute atomic E-state index is 13.1. The summed E-state index contributed by atoms with van der Waals surface area (Å²) < 4.78 is 6.07. The number of aromatic nitrogens is 1. The first-order valence-corrected chi connectivity index (χ1v) is 11.1. The zero-order chi connectivity index (χ0) is 19.0. The SMILES string of the molecule is O=C(NCCOCCO)[C@H]1[C@H](C(=O)Nc2ncc(Br)s2)[C@@H]2CC[C@H]1C21CC1. The predicted molar refractivity (Wildman–Crippen MR) is 104 cm³/mol. The van der Waals surface area contributed by atoms with Crippen molar-refractivity contribution in [3.8, 4) is 0 Å². The Balaban J connectivity index is 1.45. The van der Waals surface area contributed by atoms with Crippen LogP contribution in [0.5, 0.6) is 0 Å². The van der Waals surface area contributed by atoms with Crippen molar-refractivity contribution in [2.45, 2.75) is 25.7 Å². The molecule has 0 aliphatic heterocycles. The molecule has 9 heteroatoms. The predicted octanol–water partition coefficient (Wildman–Crippen LogP) is 2.02. The fourth-order valence-electron chi connectivity index (χ4n) is 5.39. The van der Waals surface area contributed by atoms with Gasteiger partial charge in [0.2, 0.25) is 11.8 Å². The molecule has 3 N–H and O–H groups in total. The van der Waals surface area contributed by atoms with Crippen LogP contribution < -0.4 is 10.6 Å². The van der Waals surface area contributed by atoms with Crippen molar-refractivity contribution in [3.05, 3.63) is 9.98 Å². The first-order chi connectivity index (χ1) is 13.1. The normalized spacial score (nSPS) is 29.9. The molecule has 3 aliphatic rings. The average Bonchev–Trinajstić information content (AvgIpc) is 3.14. The molecular weight excluding hydrogens is 434 g/mol. The van der Waals surface area contributed by atoms with E-state index in [1.54, 1.807) is 6.20 Å². The van der Waals surface area contributed by atoms with E-state index in [0.717, 1.165) is 29.5 Å². The van der Waals surface area contributed by atoms with Gasteiger partial charge >= 0.3 is 0 Å². The first kappa shape index (κ1) is 19.3. The van der Waals surface area contributed by atoms with Gasteiger partial charge in [-0.3, -0.25) is 9.59 Å². The van der Waals surface area contributed by atoms with Crippen molar-refractivity contribution in [2.75, 3.05) is 31.7 Å². The molecule has 4 atom stereocenters. The zero-order valence-corrected chi connectivity index (χ0v) is 17.4. The number of carbonyl (C=O) groups is 2. The smallest absolute Gasteiger partial charge is 0.230 e. The number of amides is 2. The van der Waals surface area contributed by atoms with E-state index in [2.05, 4.69) is 31.5 Å². The summed E-state index contributed by atoms with van der Waals surface area (Å²) >= 11 is 4.74. The first-order valence-electron chi connectivity index (χ1n) is 9.45. The molecule has 1 aromatic heterocycles. The topological polar surface area (TPSA) is 101 Å². The van der Waals surface area contributed by atoms with Crippen molar-refractivity contribution in [2.24, 2.45) is 29.1 Å². The van der Waals surface area contributed by atoms with Gasteiger partial charge in [-0.1, -0.05) is 11.3 Å². The molecule has 3 fully saturated rings. The van der Waals surface area contributed by atoms with E-state index < -0.39 is 0 Å². The van der Waals surface area contributed by atoms with Crippen molar-refractivity contribution in [1.82, 2.24) is 10.3 Å². The molecule has 3 saturated carbocycles. The molecular formula is C18H24BrN3O4S. The molecule has 2 bridgehead atoms. The zero-order valence-electron chi connectivity index (χ0n) is 14.9. The van der Waals surface area contributed by atoms with Crippen LogP contribution in [0.1, 0.15) is 25.7 Å². The van der Waals surface area contributed by atoms with Crippen molar-refractivity contribution in [3.63, 3.8) is 0 Å². The minimum Gasteiger partial charge on any atom is -0.394 e. The highest BCUT2D eigenvalue weighted by Gasteiger charge is 2.71. The van der Waals surface area contributed by atoms with Gasteiger partial charge in [0.05, 0.1) is 41.6 Å². The monoisotopic (exact) mass is 457 g/mol. The summed E-state index contributed by atoms with van der Waals surface area (Å²) in [5.41, 5.74) is 0.209. The van der Waals surface area contributed by atoms with Gasteiger partial charge < -0.3 is 20.5 Å². The molecule has 1 spiro atoms. The number of hydrogen-bond acceptors (Lipinski definition) is 6. The van der Waals surface area contributed by atoms with E-state index in [0.29, 0.717) is 30.1 Å². The lowest BCUT2D eigenvalue weighted by molar-refractivity contribution is -0.134. The third-order valence-corrected chi connectivity index (χ3v) is 7.83. The molecule has 0 aromatic carbocycles. The van der Waals surface area contributed by atoms with Crippen LogP contribution in [-0.4, -0.2) is 48.3 Å². The van der Waals surface area contributed by atoms with Crippen LogP contribution in [0.15, 0.2) is 9.98 Å². The molecule has 0 unspecified atom stereocenters. The lowest BCUT2D eigenvalue weighted by atomic mass is 9.78. The van der Waals surface area contributed by atoms with Crippen molar-refractivity contribution >= 4 is 44.2 Å². The van der Waals surface area contributed by atoms with Gasteiger partial charge in [0, 0.05) is 6.54 Å². The van der Waals surface area contributed by atoms with Crippen LogP contribution >= 0.6 is 27.3 Å². The van der Waals surface area contributed by atoms with E-state index in [-0.39, 0.29) is 42.3 Å². The number of nitrogens with zero attached hydrogens (tertiary/aromatic N) is 1. The Bertz CT molecular complexity index is 723. The Hall–Kier alpha value is -1.03. The van der Waals surface area contributed by atoms with E-state index in [1.807, 2.05) is 0 Å². The number of anilines is 1. The van der Waals surface area contributed by atoms with Gasteiger partial charge in [0.15, 0.2) is 5.13 Å². The number of aliphatic hydroxyl groups is 1. The maximum atomic E-state index is 13.1. The highest BCUT2D eigenvalue weighted by Crippen LogP contribution is 2.74. The fraction of sp³-hybridized carbons (Fsp3) is 0.722. The molecule has 0 radical (unpaired) electrons. The number of nitrogens with one attached hydrogen (secondary N) is 2. The van der Waals surface area contributed by atoms with Crippen LogP contribution in [0.4, 0.5) is 5.13 Å². The molecule has 4 rings (SSSR count). The number of rotatable bonds is 8. The van der Waals surface area contributed by atoms with Gasteiger partial charge in [-0.2, -0.15) is 0 Å². The second-order valence-corrected chi connectivity index (χ2v) is 10.1. The third kappa shape index (κ3) is 3.54. The molecule has 0 saturated heterocycles. The van der Waals surface area contributed by atoms with Crippen LogP contribution in [0.2, 0.25) is 0 Å². The highest BCUT2D eigenvalue weighted by atomic mass is 79.9. The number of thiazole rings is 1. The quantitative estimate of drug-likeness (QED) is 0.518. The Morgan fingerprint density at radius 2 is 1.96 bits per heavy atom. The number of ether oxygens (including phenoxy) is 1. The van der Waals surface area contributed by atoms with Gasteiger partial charge in [0.1, 0.15) is 0 Å². The minimum atomic E-state index is -0.285. The van der Waals surface area contributed by atoms with Crippen LogP contribution in [0.3, 0.4) is 0 Å². The molecule has 27 heavy (non-hydrogen) atoms. The van der Waals surface area contributed by atoms with Gasteiger partial charge in [-0.25, -0.2) is 4.98 Å². The van der Waals surface area contributed by atoms with Crippen molar-refractivity contribution < 1.29 is 19.4 Å². The molecule has 2 amide bonds. The summed E-state index contributed by atoms with van der Waals surface area (Å²) in [5.74, 6) is -0.0692. The summed E-state index contributed by atoms with van der Waals surface area (Å²) in [6.45, 7) is 0.995. The standard InChI is InChI=1S/C18H24BrN3O4S/c19-12-9-21-17(27-12)22-16(25)14-11-2-1-10(18(11)3-4-18)13(14)15(24)20-5-7-26-8-6-23/h9-11,13-14,23H,1-8H2,(H,20,24)(H,21,22,25)/t10-,11+,13-,14-/m1/s1. The van der Waals surface area contributed by atoms with Crippen LogP contribution in [-0.2, 0) is 14.3 Å². The van der Waals surface area contributed by atoms with Gasteiger partial charge in [0.25, 0.3) is 0 Å². The third-order valence-electron chi connectivity index (χ3n) is 6.44. The largest absolute Gasteiger partial charge is 0.394 e. The molecule has 7 nitrogen and oxygen atoms in total. The fourth-order valence-corrected chi connectivity index (χ4v) is 6.50. The summed E-state index contributed by atoms with van der Waals surface area (Å²) in [6.07, 6.45) is 6.01. The van der Waals surface area contributed by atoms with Crippen LogP contribution in [0.25, 0.3) is 0 Å². The van der Waals surface area contributed by atoms with Crippen molar-refractivity contribution in [1.29, 1.82) is 0 Å². The lowest BCUT2D eigenvalue weighted by Crippen LogP contribution is -2.43. The molecule has 1 heterocycles. The van der Waals surface area contributed by atoms with Crippen LogP contribution in [0, 0.1) is 29.1 Å². The second kappa shape index (κ2) is 7.77. The summed E-state index contributed by atoms with van der Waals surface area (Å²) in [5, 5.41) is 15.2. The summed E-state index contributed by atoms with van der Waals surface area (Å²) in [4.78, 5) is 30.2. The van der Waals surface area contributed by atoms with E-state index in [4.69, 9.17) is 9.84 Å². The molecule has 148 valence electrons. The lowest BCUT2D eigenvalue weighted by Gasteiger charge is -2.28. The van der Waals surface area contributed by atoms with Gasteiger partial charge in [-0.15, -0.1) is 0 Å². The Kier molecular flexibility index (Phi) is 5.55. The number of aliphatic hydroxyl groups excluding tert-OH is 1. The Labute approximate surface area is 170 Å². The van der Waals surface area contributed by atoms with Gasteiger partial charge in [-0.05, 0) is 58.9 Å². The molecule has 3 aliphatic carbocycles. The van der Waals surface area contributed by atoms with E-state index in [1.165, 1.54) is 11.3 Å². The minimum absolute atomic E-state index is 0.0298. The highest BCUT2D eigenvalue weighted by molar-refractivity contribution is 9.11. The Morgan fingerprint density at radius 3 is 2.56 bits per heavy atom. The maximum Gasteiger partial charge on any atom is 0.230 e. The molecule has 1 aromatic rings. The summed E-state index contributed by atoms with van der Waals surface area (Å²) in [6, 6.07) is 0. The number of halogens is 1.